The van der Waals surface area contributed by atoms with E-state index in [1.165, 1.54) is 5.57 Å². The topological polar surface area (TPSA) is 12.4 Å². The van der Waals surface area contributed by atoms with Crippen molar-refractivity contribution in [2.75, 3.05) is 0 Å². The van der Waals surface area contributed by atoms with Gasteiger partial charge in [0, 0.05) is 0 Å². The molecule has 0 aromatic carbocycles. The molecule has 1 unspecified atom stereocenters. The van der Waals surface area contributed by atoms with Gasteiger partial charge in [-0.05, 0) is 32.1 Å². The van der Waals surface area contributed by atoms with E-state index in [2.05, 4.69) is 30.1 Å². The van der Waals surface area contributed by atoms with Crippen LogP contribution in [0.15, 0.2) is 28.8 Å². The van der Waals surface area contributed by atoms with Crippen molar-refractivity contribution in [1.29, 1.82) is 0 Å². The van der Waals surface area contributed by atoms with Gasteiger partial charge in [0.25, 0.3) is 0 Å². The zero-order chi connectivity index (χ0) is 7.40. The summed E-state index contributed by atoms with van der Waals surface area (Å²) in [6, 6.07) is 0.412. The molecule has 54 valence electrons. The highest BCUT2D eigenvalue weighted by atomic mass is 14.8. The first-order valence-corrected chi connectivity index (χ1v) is 3.65. The molecular formula is C9H13N. The molecular weight excluding hydrogens is 122 g/mol. The molecule has 0 saturated heterocycles. The lowest BCUT2D eigenvalue weighted by Crippen LogP contribution is -2.06. The Hall–Kier alpha value is -0.850. The van der Waals surface area contributed by atoms with Gasteiger partial charge in [0.1, 0.15) is 0 Å². The number of aliphatic imine (C=N–C) groups is 1. The fourth-order valence-corrected chi connectivity index (χ4v) is 1.08. The quantitative estimate of drug-likeness (QED) is 0.489. The fourth-order valence-electron chi connectivity index (χ4n) is 1.08. The third-order valence-electron chi connectivity index (χ3n) is 1.71. The molecule has 0 aliphatic heterocycles. The summed E-state index contributed by atoms with van der Waals surface area (Å²) >= 11 is 0. The molecule has 0 N–H and O–H groups in total. The minimum atomic E-state index is 0.412. The largest absolute Gasteiger partial charge is 0.290 e. The zero-order valence-electron chi connectivity index (χ0n) is 6.54. The highest BCUT2D eigenvalue weighted by Gasteiger charge is 2.06. The average Bonchev–Trinajstić information content (AvgIpc) is 1.94. The van der Waals surface area contributed by atoms with E-state index in [-0.39, 0.29) is 0 Å². The molecule has 0 saturated carbocycles. The minimum absolute atomic E-state index is 0.412. The Balaban J connectivity index is 2.64. The monoisotopic (exact) mass is 135 g/mol. The Labute approximate surface area is 62.2 Å². The van der Waals surface area contributed by atoms with E-state index >= 15 is 0 Å². The van der Waals surface area contributed by atoms with Crippen LogP contribution >= 0.6 is 0 Å². The van der Waals surface area contributed by atoms with Crippen LogP contribution in [-0.2, 0) is 0 Å². The van der Waals surface area contributed by atoms with E-state index in [9.17, 15) is 0 Å². The predicted octanol–water partition coefficient (Wildman–Crippen LogP) is 2.35. The van der Waals surface area contributed by atoms with Gasteiger partial charge in [0.05, 0.1) is 6.04 Å². The van der Waals surface area contributed by atoms with Crippen molar-refractivity contribution < 1.29 is 0 Å². The molecule has 1 heteroatoms. The summed E-state index contributed by atoms with van der Waals surface area (Å²) < 4.78 is 0. The molecule has 0 fully saturated rings. The Kier molecular flexibility index (Phi) is 2.43. The van der Waals surface area contributed by atoms with Crippen LogP contribution in [0.2, 0.25) is 0 Å². The predicted molar refractivity (Wildman–Crippen MR) is 45.5 cm³/mol. The smallest absolute Gasteiger partial charge is 0.0739 e. The molecule has 0 radical (unpaired) electrons. The molecule has 0 spiro atoms. The van der Waals surface area contributed by atoms with Crippen molar-refractivity contribution in [2.45, 2.75) is 26.3 Å². The van der Waals surface area contributed by atoms with E-state index in [0.717, 1.165) is 6.42 Å². The van der Waals surface area contributed by atoms with Crippen LogP contribution in [0, 0.1) is 0 Å². The standard InChI is InChI=1S/C9H13N/c1-3-10-9-7-5-4-6-8(9)2/h3-6,9H,7H2,1-2H3/b10-3-. The third kappa shape index (κ3) is 1.56. The van der Waals surface area contributed by atoms with Gasteiger partial charge in [-0.2, -0.15) is 0 Å². The van der Waals surface area contributed by atoms with E-state index < -0.39 is 0 Å². The van der Waals surface area contributed by atoms with Crippen molar-refractivity contribution in [1.82, 2.24) is 0 Å². The summed E-state index contributed by atoms with van der Waals surface area (Å²) in [5, 5.41) is 0. The van der Waals surface area contributed by atoms with Crippen LogP contribution in [0.3, 0.4) is 0 Å². The maximum atomic E-state index is 4.32. The van der Waals surface area contributed by atoms with Crippen molar-refractivity contribution >= 4 is 6.21 Å². The minimum Gasteiger partial charge on any atom is -0.290 e. The molecule has 0 bridgehead atoms. The SMILES string of the molecule is C/C=N\C1CC=CC=C1C. The number of allylic oxidation sites excluding steroid dienone is 2. The maximum Gasteiger partial charge on any atom is 0.0739 e. The van der Waals surface area contributed by atoms with Crippen LogP contribution < -0.4 is 0 Å². The number of hydrogen-bond acceptors (Lipinski definition) is 1. The van der Waals surface area contributed by atoms with Crippen LogP contribution in [0.25, 0.3) is 0 Å². The molecule has 0 amide bonds. The summed E-state index contributed by atoms with van der Waals surface area (Å²) in [6.45, 7) is 4.09. The summed E-state index contributed by atoms with van der Waals surface area (Å²) in [7, 11) is 0. The first kappa shape index (κ1) is 7.26. The van der Waals surface area contributed by atoms with Gasteiger partial charge >= 0.3 is 0 Å². The Morgan fingerprint density at radius 1 is 1.70 bits per heavy atom. The second kappa shape index (κ2) is 3.35. The van der Waals surface area contributed by atoms with Crippen LogP contribution in [-0.4, -0.2) is 12.3 Å². The highest BCUT2D eigenvalue weighted by molar-refractivity contribution is 5.54. The first-order valence-electron chi connectivity index (χ1n) is 3.65. The van der Waals surface area contributed by atoms with Crippen molar-refractivity contribution in [3.05, 3.63) is 23.8 Å². The van der Waals surface area contributed by atoms with E-state index in [4.69, 9.17) is 0 Å². The van der Waals surface area contributed by atoms with Gasteiger partial charge in [-0.15, -0.1) is 0 Å². The molecule has 0 heterocycles. The molecule has 1 nitrogen and oxygen atoms in total. The zero-order valence-corrected chi connectivity index (χ0v) is 6.54. The molecule has 1 aliphatic carbocycles. The van der Waals surface area contributed by atoms with Gasteiger partial charge in [-0.3, -0.25) is 4.99 Å². The maximum absolute atomic E-state index is 4.32. The summed E-state index contributed by atoms with van der Waals surface area (Å²) in [6.07, 6.45) is 9.32. The first-order chi connectivity index (χ1) is 4.84. The molecule has 1 atom stereocenters. The number of rotatable bonds is 1. The Morgan fingerprint density at radius 2 is 2.50 bits per heavy atom. The van der Waals surface area contributed by atoms with E-state index in [1.54, 1.807) is 0 Å². The average molecular weight is 135 g/mol. The van der Waals surface area contributed by atoms with Crippen LogP contribution in [0.4, 0.5) is 0 Å². The lowest BCUT2D eigenvalue weighted by molar-refractivity contribution is 0.779. The summed E-state index contributed by atoms with van der Waals surface area (Å²) in [5.74, 6) is 0. The van der Waals surface area contributed by atoms with Gasteiger partial charge in [0.2, 0.25) is 0 Å². The lowest BCUT2D eigenvalue weighted by atomic mass is 10.0. The summed E-state index contributed by atoms with van der Waals surface area (Å²) in [5.41, 5.74) is 1.36. The van der Waals surface area contributed by atoms with Crippen molar-refractivity contribution in [3.63, 3.8) is 0 Å². The van der Waals surface area contributed by atoms with E-state index in [0.29, 0.717) is 6.04 Å². The molecule has 0 aromatic heterocycles. The second-order valence-electron chi connectivity index (χ2n) is 2.50. The van der Waals surface area contributed by atoms with Gasteiger partial charge in [-0.25, -0.2) is 0 Å². The number of nitrogens with zero attached hydrogens (tertiary/aromatic N) is 1. The van der Waals surface area contributed by atoms with E-state index in [1.807, 2.05) is 13.1 Å². The Morgan fingerprint density at radius 3 is 3.10 bits per heavy atom. The van der Waals surface area contributed by atoms with Gasteiger partial charge in [-0.1, -0.05) is 18.2 Å². The van der Waals surface area contributed by atoms with Gasteiger partial charge < -0.3 is 0 Å². The van der Waals surface area contributed by atoms with Crippen LogP contribution in [0.5, 0.6) is 0 Å². The highest BCUT2D eigenvalue weighted by Crippen LogP contribution is 2.14. The third-order valence-corrected chi connectivity index (χ3v) is 1.71. The number of hydrogen-bond donors (Lipinski definition) is 0. The van der Waals surface area contributed by atoms with Crippen molar-refractivity contribution in [2.24, 2.45) is 4.99 Å². The lowest BCUT2D eigenvalue weighted by Gasteiger charge is -2.12. The summed E-state index contributed by atoms with van der Waals surface area (Å²) in [4.78, 5) is 4.32. The second-order valence-corrected chi connectivity index (χ2v) is 2.50. The molecule has 0 aromatic rings. The Bertz CT molecular complexity index is 187. The molecule has 1 aliphatic rings. The molecule has 10 heavy (non-hydrogen) atoms. The molecule has 1 rings (SSSR count). The fraction of sp³-hybridized carbons (Fsp3) is 0.444. The van der Waals surface area contributed by atoms with Gasteiger partial charge in [0.15, 0.2) is 0 Å². The van der Waals surface area contributed by atoms with Crippen LogP contribution in [0.1, 0.15) is 20.3 Å². The van der Waals surface area contributed by atoms with Crippen molar-refractivity contribution in [3.8, 4) is 0 Å². The normalized spacial score (nSPS) is 25.4.